The van der Waals surface area contributed by atoms with Crippen LogP contribution < -0.4 is 10.6 Å². The summed E-state index contributed by atoms with van der Waals surface area (Å²) in [7, 11) is 0. The van der Waals surface area contributed by atoms with Crippen molar-refractivity contribution in [2.24, 2.45) is 0 Å². The van der Waals surface area contributed by atoms with E-state index in [-0.39, 0.29) is 24.7 Å². The molecule has 2 N–H and O–H groups in total. The molecule has 1 fully saturated rings. The van der Waals surface area contributed by atoms with Crippen LogP contribution in [-0.4, -0.2) is 49.3 Å². The fraction of sp³-hybridized carbons (Fsp3) is 0.636. The minimum absolute atomic E-state index is 0.0212. The minimum atomic E-state index is -0.321. The van der Waals surface area contributed by atoms with Crippen LogP contribution in [0.2, 0.25) is 0 Å². The predicted molar refractivity (Wildman–Crippen MR) is 63.3 cm³/mol. The summed E-state index contributed by atoms with van der Waals surface area (Å²) < 4.78 is 5.12. The third-order valence-corrected chi connectivity index (χ3v) is 2.31. The molecule has 1 unspecified atom stereocenters. The lowest BCUT2D eigenvalue weighted by Gasteiger charge is -2.23. The van der Waals surface area contributed by atoms with Gasteiger partial charge in [0.05, 0.1) is 6.61 Å². The first-order valence-corrected chi connectivity index (χ1v) is 5.56. The van der Waals surface area contributed by atoms with E-state index in [4.69, 9.17) is 4.74 Å². The monoisotopic (exact) mass is 241 g/mol. The summed E-state index contributed by atoms with van der Waals surface area (Å²) in [6.07, 6.45) is -0.321. The van der Waals surface area contributed by atoms with E-state index >= 15 is 0 Å². The Hall–Kier alpha value is -1.56. The van der Waals surface area contributed by atoms with Gasteiger partial charge in [0.2, 0.25) is 5.91 Å². The molecular formula is C11H19N3O3. The van der Waals surface area contributed by atoms with Gasteiger partial charge in [-0.15, -0.1) is 0 Å². The second-order valence-corrected chi connectivity index (χ2v) is 4.12. The van der Waals surface area contributed by atoms with Crippen molar-refractivity contribution in [3.63, 3.8) is 0 Å². The second-order valence-electron chi connectivity index (χ2n) is 4.12. The van der Waals surface area contributed by atoms with Gasteiger partial charge < -0.3 is 20.3 Å². The molecule has 96 valence electrons. The van der Waals surface area contributed by atoms with Crippen molar-refractivity contribution in [3.05, 3.63) is 12.2 Å². The van der Waals surface area contributed by atoms with Gasteiger partial charge in [-0.1, -0.05) is 12.2 Å². The summed E-state index contributed by atoms with van der Waals surface area (Å²) >= 11 is 0. The summed E-state index contributed by atoms with van der Waals surface area (Å²) in [6, 6.07) is -0.152. The first-order valence-electron chi connectivity index (χ1n) is 5.56. The zero-order chi connectivity index (χ0) is 12.8. The predicted octanol–water partition coefficient (Wildman–Crippen LogP) is 0.0665. The lowest BCUT2D eigenvalue weighted by molar-refractivity contribution is -0.126. The van der Waals surface area contributed by atoms with Crippen LogP contribution in [0.3, 0.4) is 0 Å². The zero-order valence-electron chi connectivity index (χ0n) is 10.3. The standard InChI is InChI=1S/C11H19N3O3/c1-8(2)6-17-7-10(15)13-9(3)14-5-4-12-11(14)16/h9H,1,4-7H2,2-3H3,(H,12,16)(H,13,15). The molecule has 0 spiro atoms. The Balaban J connectivity index is 2.25. The van der Waals surface area contributed by atoms with Gasteiger partial charge in [0.1, 0.15) is 12.8 Å². The van der Waals surface area contributed by atoms with E-state index in [1.54, 1.807) is 11.8 Å². The molecule has 0 aromatic rings. The maximum atomic E-state index is 11.5. The van der Waals surface area contributed by atoms with Crippen molar-refractivity contribution in [1.29, 1.82) is 0 Å². The van der Waals surface area contributed by atoms with Crippen LogP contribution in [0.4, 0.5) is 4.79 Å². The number of hydrogen-bond acceptors (Lipinski definition) is 3. The van der Waals surface area contributed by atoms with Gasteiger partial charge in [-0.25, -0.2) is 4.79 Å². The van der Waals surface area contributed by atoms with Crippen LogP contribution in [-0.2, 0) is 9.53 Å². The number of carbonyl (C=O) groups is 2. The Morgan fingerprint density at radius 2 is 2.35 bits per heavy atom. The Morgan fingerprint density at radius 1 is 1.65 bits per heavy atom. The van der Waals surface area contributed by atoms with Crippen molar-refractivity contribution < 1.29 is 14.3 Å². The minimum Gasteiger partial charge on any atom is -0.367 e. The molecule has 6 heteroatoms. The Kier molecular flexibility index (Phi) is 4.96. The maximum absolute atomic E-state index is 11.5. The van der Waals surface area contributed by atoms with Gasteiger partial charge in [-0.05, 0) is 13.8 Å². The molecule has 17 heavy (non-hydrogen) atoms. The molecule has 1 aliphatic heterocycles. The van der Waals surface area contributed by atoms with E-state index in [0.29, 0.717) is 19.7 Å². The third kappa shape index (κ3) is 4.44. The quantitative estimate of drug-likeness (QED) is 0.646. The van der Waals surface area contributed by atoms with Crippen LogP contribution >= 0.6 is 0 Å². The fourth-order valence-electron chi connectivity index (χ4n) is 1.53. The van der Waals surface area contributed by atoms with Gasteiger partial charge in [0, 0.05) is 13.1 Å². The molecule has 3 amide bonds. The van der Waals surface area contributed by atoms with Gasteiger partial charge in [0.25, 0.3) is 0 Å². The smallest absolute Gasteiger partial charge is 0.319 e. The van der Waals surface area contributed by atoms with Crippen LogP contribution in [0.25, 0.3) is 0 Å². The number of nitrogens with zero attached hydrogens (tertiary/aromatic N) is 1. The van der Waals surface area contributed by atoms with E-state index < -0.39 is 0 Å². The number of rotatable bonds is 6. The van der Waals surface area contributed by atoms with E-state index in [0.717, 1.165) is 5.57 Å². The molecule has 1 atom stereocenters. The summed E-state index contributed by atoms with van der Waals surface area (Å²) in [4.78, 5) is 24.4. The van der Waals surface area contributed by atoms with Crippen molar-refractivity contribution in [2.75, 3.05) is 26.3 Å². The molecule has 1 saturated heterocycles. The number of amides is 3. The van der Waals surface area contributed by atoms with Crippen molar-refractivity contribution in [2.45, 2.75) is 20.0 Å². The summed E-state index contributed by atoms with van der Waals surface area (Å²) in [5, 5.41) is 5.37. The second kappa shape index (κ2) is 6.24. The van der Waals surface area contributed by atoms with E-state index in [1.165, 1.54) is 0 Å². The molecule has 0 radical (unpaired) electrons. The molecular weight excluding hydrogens is 222 g/mol. The molecule has 6 nitrogen and oxygen atoms in total. The molecule has 0 aromatic heterocycles. The topological polar surface area (TPSA) is 70.7 Å². The van der Waals surface area contributed by atoms with E-state index in [1.807, 2.05) is 6.92 Å². The highest BCUT2D eigenvalue weighted by atomic mass is 16.5. The highest BCUT2D eigenvalue weighted by Gasteiger charge is 2.25. The summed E-state index contributed by atoms with van der Waals surface area (Å²) in [5.41, 5.74) is 0.866. The maximum Gasteiger partial charge on any atom is 0.319 e. The molecule has 0 bridgehead atoms. The normalized spacial score (nSPS) is 16.6. The van der Waals surface area contributed by atoms with Crippen LogP contribution in [0, 0.1) is 0 Å². The molecule has 0 aliphatic carbocycles. The number of urea groups is 1. The average molecular weight is 241 g/mol. The van der Waals surface area contributed by atoms with Crippen molar-refractivity contribution >= 4 is 11.9 Å². The molecule has 1 aliphatic rings. The first-order chi connectivity index (χ1) is 8.00. The van der Waals surface area contributed by atoms with Gasteiger partial charge in [-0.3, -0.25) is 4.79 Å². The molecule has 0 saturated carbocycles. The largest absolute Gasteiger partial charge is 0.367 e. The van der Waals surface area contributed by atoms with Crippen LogP contribution in [0.5, 0.6) is 0 Å². The van der Waals surface area contributed by atoms with E-state index in [9.17, 15) is 9.59 Å². The number of carbonyl (C=O) groups excluding carboxylic acids is 2. The number of ether oxygens (including phenoxy) is 1. The Labute approximate surface area is 101 Å². The lowest BCUT2D eigenvalue weighted by atomic mass is 10.4. The zero-order valence-corrected chi connectivity index (χ0v) is 10.3. The summed E-state index contributed by atoms with van der Waals surface area (Å²) in [5.74, 6) is -0.238. The van der Waals surface area contributed by atoms with E-state index in [2.05, 4.69) is 17.2 Å². The molecule has 1 rings (SSSR count). The molecule has 1 heterocycles. The van der Waals surface area contributed by atoms with Crippen LogP contribution in [0.15, 0.2) is 12.2 Å². The van der Waals surface area contributed by atoms with Gasteiger partial charge >= 0.3 is 6.03 Å². The lowest BCUT2D eigenvalue weighted by Crippen LogP contribution is -2.48. The number of hydrogen-bond donors (Lipinski definition) is 2. The van der Waals surface area contributed by atoms with Crippen LogP contribution in [0.1, 0.15) is 13.8 Å². The highest BCUT2D eigenvalue weighted by Crippen LogP contribution is 2.01. The SMILES string of the molecule is C=C(C)COCC(=O)NC(C)N1CCNC1=O. The average Bonchev–Trinajstić information content (AvgIpc) is 2.63. The Bertz CT molecular complexity index is 317. The Morgan fingerprint density at radius 3 is 2.88 bits per heavy atom. The van der Waals surface area contributed by atoms with Crippen molar-refractivity contribution in [1.82, 2.24) is 15.5 Å². The summed E-state index contributed by atoms with van der Waals surface area (Å²) in [6.45, 7) is 8.83. The number of nitrogens with one attached hydrogen (secondary N) is 2. The van der Waals surface area contributed by atoms with Crippen molar-refractivity contribution in [3.8, 4) is 0 Å². The molecule has 0 aromatic carbocycles. The third-order valence-electron chi connectivity index (χ3n) is 2.31. The first kappa shape index (κ1) is 13.5. The van der Waals surface area contributed by atoms with Gasteiger partial charge in [-0.2, -0.15) is 0 Å². The highest BCUT2D eigenvalue weighted by molar-refractivity contribution is 5.80. The van der Waals surface area contributed by atoms with Gasteiger partial charge in [0.15, 0.2) is 0 Å². The fourth-order valence-corrected chi connectivity index (χ4v) is 1.53.